The third-order valence-corrected chi connectivity index (χ3v) is 4.21. The lowest BCUT2D eigenvalue weighted by Gasteiger charge is -2.24. The summed E-state index contributed by atoms with van der Waals surface area (Å²) in [5.41, 5.74) is 1.18. The molecule has 0 aliphatic rings. The number of benzene rings is 1. The first kappa shape index (κ1) is 14.6. The van der Waals surface area contributed by atoms with Gasteiger partial charge >= 0.3 is 0 Å². The van der Waals surface area contributed by atoms with E-state index in [4.69, 9.17) is 4.74 Å². The first-order chi connectivity index (χ1) is 9.61. The van der Waals surface area contributed by atoms with Gasteiger partial charge in [-0.1, -0.05) is 18.2 Å². The Morgan fingerprint density at radius 3 is 2.45 bits per heavy atom. The molecule has 2 rings (SSSR count). The fourth-order valence-corrected chi connectivity index (χ4v) is 3.34. The largest absolute Gasteiger partial charge is 0.497 e. The highest BCUT2D eigenvalue weighted by Crippen LogP contribution is 2.32. The van der Waals surface area contributed by atoms with E-state index in [2.05, 4.69) is 28.9 Å². The maximum absolute atomic E-state index is 11.3. The number of methoxy groups -OCH3 is 1. The zero-order valence-corrected chi connectivity index (χ0v) is 12.7. The molecule has 1 aromatic heterocycles. The number of carbonyl (C=O) groups excluding carboxylic acids is 1. The fraction of sp³-hybridized carbons (Fsp3) is 0.312. The Bertz CT molecular complexity index is 548. The predicted octanol–water partition coefficient (Wildman–Crippen LogP) is 3.41. The summed E-state index contributed by atoms with van der Waals surface area (Å²) in [6.07, 6.45) is 0. The van der Waals surface area contributed by atoms with Crippen LogP contribution in [0.25, 0.3) is 0 Å². The number of nitrogens with one attached hydrogen (secondary N) is 1. The van der Waals surface area contributed by atoms with E-state index in [0.29, 0.717) is 0 Å². The van der Waals surface area contributed by atoms with Gasteiger partial charge < -0.3 is 10.1 Å². The molecule has 1 aromatic carbocycles. The standard InChI is InChI=1S/C16H19NO2S/c1-11(17-12(2)18)16(15-5-4-10-20-15)13-6-8-14(19-3)9-7-13/h4-11,16H,1-3H3,(H,17,18)/t11-,16+/m0/s1. The topological polar surface area (TPSA) is 38.3 Å². The molecule has 1 amide bonds. The van der Waals surface area contributed by atoms with Crippen molar-refractivity contribution >= 4 is 17.2 Å². The molecule has 0 spiro atoms. The van der Waals surface area contributed by atoms with Crippen LogP contribution in [0.15, 0.2) is 41.8 Å². The van der Waals surface area contributed by atoms with Crippen LogP contribution in [0, 0.1) is 0 Å². The van der Waals surface area contributed by atoms with Crippen molar-refractivity contribution in [3.05, 3.63) is 52.2 Å². The zero-order valence-electron chi connectivity index (χ0n) is 11.9. The van der Waals surface area contributed by atoms with Crippen LogP contribution in [-0.4, -0.2) is 19.1 Å². The molecule has 1 heterocycles. The van der Waals surface area contributed by atoms with Crippen molar-refractivity contribution in [2.45, 2.75) is 25.8 Å². The monoisotopic (exact) mass is 289 g/mol. The van der Waals surface area contributed by atoms with Gasteiger partial charge in [0.25, 0.3) is 0 Å². The fourth-order valence-electron chi connectivity index (χ4n) is 2.38. The molecule has 0 saturated heterocycles. The normalized spacial score (nSPS) is 13.6. The van der Waals surface area contributed by atoms with Crippen molar-refractivity contribution in [2.24, 2.45) is 0 Å². The van der Waals surface area contributed by atoms with Crippen LogP contribution < -0.4 is 10.1 Å². The Balaban J connectivity index is 2.32. The molecular formula is C16H19NO2S. The molecule has 0 bridgehead atoms. The molecule has 3 nitrogen and oxygen atoms in total. The minimum Gasteiger partial charge on any atom is -0.497 e. The van der Waals surface area contributed by atoms with Gasteiger partial charge in [-0.3, -0.25) is 4.79 Å². The predicted molar refractivity (Wildman–Crippen MR) is 82.4 cm³/mol. The highest BCUT2D eigenvalue weighted by atomic mass is 32.1. The van der Waals surface area contributed by atoms with Gasteiger partial charge in [0, 0.05) is 23.8 Å². The van der Waals surface area contributed by atoms with E-state index < -0.39 is 0 Å². The maximum atomic E-state index is 11.3. The van der Waals surface area contributed by atoms with Crippen molar-refractivity contribution in [2.75, 3.05) is 7.11 Å². The first-order valence-corrected chi connectivity index (χ1v) is 7.44. The first-order valence-electron chi connectivity index (χ1n) is 6.56. The summed E-state index contributed by atoms with van der Waals surface area (Å²) in [7, 11) is 1.66. The minimum absolute atomic E-state index is 0.00688. The van der Waals surface area contributed by atoms with Crippen LogP contribution in [0.1, 0.15) is 30.2 Å². The molecule has 0 unspecified atom stereocenters. The average molecular weight is 289 g/mol. The summed E-state index contributed by atoms with van der Waals surface area (Å²) in [6.45, 7) is 3.59. The molecule has 1 N–H and O–H groups in total. The number of thiophene rings is 1. The second-order valence-electron chi connectivity index (χ2n) is 4.76. The zero-order chi connectivity index (χ0) is 14.5. The van der Waals surface area contributed by atoms with Gasteiger partial charge in [-0.05, 0) is 36.1 Å². The van der Waals surface area contributed by atoms with Gasteiger partial charge in [-0.25, -0.2) is 0 Å². The summed E-state index contributed by atoms with van der Waals surface area (Å²) in [5.74, 6) is 0.989. The lowest BCUT2D eigenvalue weighted by atomic mass is 9.91. The third-order valence-electron chi connectivity index (χ3n) is 3.26. The molecular weight excluding hydrogens is 270 g/mol. The van der Waals surface area contributed by atoms with E-state index in [1.807, 2.05) is 25.1 Å². The van der Waals surface area contributed by atoms with E-state index in [0.717, 1.165) is 5.75 Å². The summed E-state index contributed by atoms with van der Waals surface area (Å²) >= 11 is 1.71. The smallest absolute Gasteiger partial charge is 0.217 e. The van der Waals surface area contributed by atoms with Crippen molar-refractivity contribution < 1.29 is 9.53 Å². The van der Waals surface area contributed by atoms with Crippen LogP contribution in [0.4, 0.5) is 0 Å². The summed E-state index contributed by atoms with van der Waals surface area (Å²) in [5, 5.41) is 5.06. The number of hydrogen-bond acceptors (Lipinski definition) is 3. The van der Waals surface area contributed by atoms with E-state index in [9.17, 15) is 4.79 Å². The van der Waals surface area contributed by atoms with Crippen molar-refractivity contribution in [3.63, 3.8) is 0 Å². The van der Waals surface area contributed by atoms with E-state index in [-0.39, 0.29) is 17.9 Å². The molecule has 2 aromatic rings. The van der Waals surface area contributed by atoms with Gasteiger partial charge in [0.15, 0.2) is 0 Å². The molecule has 0 radical (unpaired) electrons. The molecule has 0 fully saturated rings. The van der Waals surface area contributed by atoms with Gasteiger partial charge in [-0.2, -0.15) is 0 Å². The van der Waals surface area contributed by atoms with Crippen LogP contribution in [0.3, 0.4) is 0 Å². The third kappa shape index (κ3) is 3.39. The van der Waals surface area contributed by atoms with E-state index in [1.54, 1.807) is 25.4 Å². The van der Waals surface area contributed by atoms with Gasteiger partial charge in [0.1, 0.15) is 5.75 Å². The van der Waals surface area contributed by atoms with Gasteiger partial charge in [0.2, 0.25) is 5.91 Å². The molecule has 2 atom stereocenters. The van der Waals surface area contributed by atoms with Crippen LogP contribution in [0.2, 0.25) is 0 Å². The highest BCUT2D eigenvalue weighted by molar-refractivity contribution is 7.10. The minimum atomic E-state index is -0.00688. The molecule has 106 valence electrons. The SMILES string of the molecule is COc1ccc([C@H](c2cccs2)[C@H](C)NC(C)=O)cc1. The van der Waals surface area contributed by atoms with Crippen LogP contribution >= 0.6 is 11.3 Å². The Labute approximate surface area is 123 Å². The van der Waals surface area contributed by atoms with E-state index in [1.165, 1.54) is 10.4 Å². The van der Waals surface area contributed by atoms with Crippen LogP contribution in [-0.2, 0) is 4.79 Å². The molecule has 0 saturated carbocycles. The molecule has 20 heavy (non-hydrogen) atoms. The van der Waals surface area contributed by atoms with Crippen molar-refractivity contribution in [1.29, 1.82) is 0 Å². The van der Waals surface area contributed by atoms with Crippen molar-refractivity contribution in [3.8, 4) is 5.75 Å². The number of amides is 1. The second kappa shape index (κ2) is 6.57. The number of rotatable bonds is 5. The number of hydrogen-bond donors (Lipinski definition) is 1. The Kier molecular flexibility index (Phi) is 4.79. The number of carbonyl (C=O) groups is 1. The highest BCUT2D eigenvalue weighted by Gasteiger charge is 2.23. The molecule has 0 aliphatic heterocycles. The average Bonchev–Trinajstić information content (AvgIpc) is 2.93. The lowest BCUT2D eigenvalue weighted by molar-refractivity contribution is -0.119. The number of ether oxygens (including phenoxy) is 1. The molecule has 4 heteroatoms. The maximum Gasteiger partial charge on any atom is 0.217 e. The van der Waals surface area contributed by atoms with E-state index >= 15 is 0 Å². The lowest BCUT2D eigenvalue weighted by Crippen LogP contribution is -2.35. The summed E-state index contributed by atoms with van der Waals surface area (Å²) in [4.78, 5) is 12.6. The van der Waals surface area contributed by atoms with Crippen LogP contribution in [0.5, 0.6) is 5.75 Å². The Morgan fingerprint density at radius 1 is 1.25 bits per heavy atom. The molecule has 0 aliphatic carbocycles. The quantitative estimate of drug-likeness (QED) is 0.916. The van der Waals surface area contributed by atoms with Crippen molar-refractivity contribution in [1.82, 2.24) is 5.32 Å². The summed E-state index contributed by atoms with van der Waals surface area (Å²) < 4.78 is 5.20. The Hall–Kier alpha value is -1.81. The second-order valence-corrected chi connectivity index (χ2v) is 5.73. The summed E-state index contributed by atoms with van der Waals surface area (Å²) in [6, 6.07) is 12.2. The van der Waals surface area contributed by atoms with Gasteiger partial charge in [-0.15, -0.1) is 11.3 Å². The van der Waals surface area contributed by atoms with Gasteiger partial charge in [0.05, 0.1) is 7.11 Å². The Morgan fingerprint density at radius 2 is 1.95 bits per heavy atom.